The van der Waals surface area contributed by atoms with E-state index in [1.807, 2.05) is 45.0 Å². The molecule has 1 aromatic rings. The molecule has 0 aliphatic rings. The highest BCUT2D eigenvalue weighted by Gasteiger charge is 2.15. The molecule has 0 heterocycles. The van der Waals surface area contributed by atoms with Crippen molar-refractivity contribution in [2.45, 2.75) is 39.7 Å². The Kier molecular flexibility index (Phi) is 7.09. The second-order valence-corrected chi connectivity index (χ2v) is 5.34. The molecule has 4 nitrogen and oxygen atoms in total. The molecule has 0 saturated heterocycles. The minimum Gasteiger partial charge on any atom is -0.493 e. The number of benzene rings is 1. The summed E-state index contributed by atoms with van der Waals surface area (Å²) in [7, 11) is 0. The predicted molar refractivity (Wildman–Crippen MR) is 79.8 cm³/mol. The van der Waals surface area contributed by atoms with Gasteiger partial charge in [0.05, 0.1) is 13.0 Å². The summed E-state index contributed by atoms with van der Waals surface area (Å²) in [6, 6.07) is 7.77. The Labute approximate surface area is 121 Å². The fraction of sp³-hybridized carbons (Fsp3) is 0.562. The van der Waals surface area contributed by atoms with E-state index in [4.69, 9.17) is 9.84 Å². The van der Waals surface area contributed by atoms with Crippen LogP contribution in [0, 0.1) is 12.8 Å². The largest absolute Gasteiger partial charge is 0.493 e. The zero-order chi connectivity index (χ0) is 15.0. The fourth-order valence-corrected chi connectivity index (χ4v) is 1.89. The van der Waals surface area contributed by atoms with Crippen molar-refractivity contribution in [3.63, 3.8) is 0 Å². The Morgan fingerprint density at radius 3 is 2.50 bits per heavy atom. The third kappa shape index (κ3) is 6.06. The lowest BCUT2D eigenvalue weighted by Crippen LogP contribution is -2.39. The summed E-state index contributed by atoms with van der Waals surface area (Å²) in [4.78, 5) is 11.8. The molecule has 20 heavy (non-hydrogen) atoms. The minimum atomic E-state index is -0.0377. The summed E-state index contributed by atoms with van der Waals surface area (Å²) >= 11 is 0. The number of ether oxygens (including phenoxy) is 1. The highest BCUT2D eigenvalue weighted by atomic mass is 16.5. The molecule has 1 aromatic carbocycles. The monoisotopic (exact) mass is 279 g/mol. The maximum Gasteiger partial charge on any atom is 0.223 e. The number of aliphatic hydroxyl groups excluding tert-OH is 1. The first-order valence-electron chi connectivity index (χ1n) is 7.12. The quantitative estimate of drug-likeness (QED) is 0.767. The predicted octanol–water partition coefficient (Wildman–Crippen LogP) is 2.29. The molecular weight excluding hydrogens is 254 g/mol. The number of aliphatic hydroxyl groups is 1. The molecule has 1 atom stereocenters. The summed E-state index contributed by atoms with van der Waals surface area (Å²) in [6.45, 7) is 6.53. The van der Waals surface area contributed by atoms with Gasteiger partial charge in [-0.15, -0.1) is 0 Å². The van der Waals surface area contributed by atoms with Gasteiger partial charge < -0.3 is 15.2 Å². The van der Waals surface area contributed by atoms with Crippen LogP contribution in [-0.4, -0.2) is 30.3 Å². The van der Waals surface area contributed by atoms with Crippen LogP contribution < -0.4 is 10.1 Å². The molecule has 4 heteroatoms. The number of nitrogens with one attached hydrogen (secondary N) is 1. The number of rotatable bonds is 8. The van der Waals surface area contributed by atoms with Crippen LogP contribution in [0.25, 0.3) is 0 Å². The van der Waals surface area contributed by atoms with Gasteiger partial charge in [0, 0.05) is 12.6 Å². The topological polar surface area (TPSA) is 58.6 Å². The third-order valence-corrected chi connectivity index (χ3v) is 3.21. The highest BCUT2D eigenvalue weighted by molar-refractivity contribution is 5.76. The van der Waals surface area contributed by atoms with Crippen molar-refractivity contribution in [2.75, 3.05) is 13.2 Å². The minimum absolute atomic E-state index is 0.0203. The average Bonchev–Trinajstić information content (AvgIpc) is 2.40. The Hall–Kier alpha value is -1.55. The second kappa shape index (κ2) is 8.59. The summed E-state index contributed by atoms with van der Waals surface area (Å²) < 4.78 is 5.52. The van der Waals surface area contributed by atoms with Gasteiger partial charge in [0.15, 0.2) is 0 Å². The van der Waals surface area contributed by atoms with Crippen molar-refractivity contribution in [1.82, 2.24) is 5.32 Å². The maximum absolute atomic E-state index is 11.8. The number of carbonyl (C=O) groups is 1. The first-order valence-corrected chi connectivity index (χ1v) is 7.12. The van der Waals surface area contributed by atoms with Crippen LogP contribution in [0.1, 0.15) is 32.3 Å². The molecule has 0 spiro atoms. The number of amides is 1. The summed E-state index contributed by atoms with van der Waals surface area (Å²) in [5.41, 5.74) is 1.18. The SMILES string of the molecule is Cc1ccc(OCCC(=O)NC(CCO)C(C)C)cc1. The van der Waals surface area contributed by atoms with Crippen molar-refractivity contribution in [1.29, 1.82) is 0 Å². The van der Waals surface area contributed by atoms with E-state index in [0.29, 0.717) is 25.4 Å². The first kappa shape index (κ1) is 16.5. The van der Waals surface area contributed by atoms with Crippen LogP contribution in [0.3, 0.4) is 0 Å². The molecule has 0 saturated carbocycles. The van der Waals surface area contributed by atoms with Crippen molar-refractivity contribution in [2.24, 2.45) is 5.92 Å². The van der Waals surface area contributed by atoms with Gasteiger partial charge in [0.1, 0.15) is 5.75 Å². The molecule has 112 valence electrons. The lowest BCUT2D eigenvalue weighted by atomic mass is 10.0. The van der Waals surface area contributed by atoms with Crippen LogP contribution in [0.2, 0.25) is 0 Å². The zero-order valence-corrected chi connectivity index (χ0v) is 12.6. The van der Waals surface area contributed by atoms with E-state index in [2.05, 4.69) is 5.32 Å². The van der Waals surface area contributed by atoms with Gasteiger partial charge in [0.2, 0.25) is 5.91 Å². The van der Waals surface area contributed by atoms with Crippen LogP contribution in [0.4, 0.5) is 0 Å². The molecule has 0 aliphatic heterocycles. The highest BCUT2D eigenvalue weighted by Crippen LogP contribution is 2.11. The second-order valence-electron chi connectivity index (χ2n) is 5.34. The molecule has 0 aromatic heterocycles. The molecule has 0 aliphatic carbocycles. The molecule has 2 N–H and O–H groups in total. The molecule has 1 unspecified atom stereocenters. The van der Waals surface area contributed by atoms with Crippen molar-refractivity contribution < 1.29 is 14.6 Å². The maximum atomic E-state index is 11.8. The van der Waals surface area contributed by atoms with Crippen LogP contribution >= 0.6 is 0 Å². The van der Waals surface area contributed by atoms with Gasteiger partial charge in [0.25, 0.3) is 0 Å². The smallest absolute Gasteiger partial charge is 0.223 e. The van der Waals surface area contributed by atoms with E-state index in [1.165, 1.54) is 5.56 Å². The van der Waals surface area contributed by atoms with Gasteiger partial charge in [-0.1, -0.05) is 31.5 Å². The zero-order valence-electron chi connectivity index (χ0n) is 12.6. The van der Waals surface area contributed by atoms with Crippen LogP contribution in [-0.2, 0) is 4.79 Å². The standard InChI is InChI=1S/C16H25NO3/c1-12(2)15(8-10-18)17-16(19)9-11-20-14-6-4-13(3)5-7-14/h4-7,12,15,18H,8-11H2,1-3H3,(H,17,19). The molecule has 0 bridgehead atoms. The van der Waals surface area contributed by atoms with Crippen molar-refractivity contribution in [3.8, 4) is 5.75 Å². The number of carbonyl (C=O) groups excluding carboxylic acids is 1. The fourth-order valence-electron chi connectivity index (χ4n) is 1.89. The normalized spacial score (nSPS) is 12.2. The first-order chi connectivity index (χ1) is 9.52. The Balaban J connectivity index is 2.30. The van der Waals surface area contributed by atoms with Crippen molar-refractivity contribution >= 4 is 5.91 Å². The summed E-state index contributed by atoms with van der Waals surface area (Å²) in [5, 5.41) is 11.9. The third-order valence-electron chi connectivity index (χ3n) is 3.21. The molecule has 1 amide bonds. The van der Waals surface area contributed by atoms with Crippen LogP contribution in [0.15, 0.2) is 24.3 Å². The van der Waals surface area contributed by atoms with E-state index < -0.39 is 0 Å². The van der Waals surface area contributed by atoms with Crippen LogP contribution in [0.5, 0.6) is 5.75 Å². The Morgan fingerprint density at radius 1 is 1.30 bits per heavy atom. The Morgan fingerprint density at radius 2 is 1.95 bits per heavy atom. The van der Waals surface area contributed by atoms with E-state index in [0.717, 1.165) is 5.75 Å². The van der Waals surface area contributed by atoms with Gasteiger partial charge >= 0.3 is 0 Å². The average molecular weight is 279 g/mol. The molecule has 0 radical (unpaired) electrons. The van der Waals surface area contributed by atoms with Gasteiger partial charge in [-0.3, -0.25) is 4.79 Å². The lowest BCUT2D eigenvalue weighted by Gasteiger charge is -2.21. The Bertz CT molecular complexity index is 401. The van der Waals surface area contributed by atoms with Gasteiger partial charge in [-0.2, -0.15) is 0 Å². The number of hydrogen-bond acceptors (Lipinski definition) is 3. The van der Waals surface area contributed by atoms with Gasteiger partial charge in [-0.25, -0.2) is 0 Å². The van der Waals surface area contributed by atoms with E-state index in [-0.39, 0.29) is 18.6 Å². The van der Waals surface area contributed by atoms with Crippen molar-refractivity contribution in [3.05, 3.63) is 29.8 Å². The molecular formula is C16H25NO3. The molecule has 0 fully saturated rings. The summed E-state index contributed by atoms with van der Waals surface area (Å²) in [5.74, 6) is 1.05. The summed E-state index contributed by atoms with van der Waals surface area (Å²) in [6.07, 6.45) is 0.907. The lowest BCUT2D eigenvalue weighted by molar-refractivity contribution is -0.122. The van der Waals surface area contributed by atoms with E-state index in [9.17, 15) is 4.79 Å². The number of aryl methyl sites for hydroxylation is 1. The van der Waals surface area contributed by atoms with E-state index in [1.54, 1.807) is 0 Å². The number of hydrogen-bond donors (Lipinski definition) is 2. The van der Waals surface area contributed by atoms with Gasteiger partial charge in [-0.05, 0) is 31.4 Å². The van der Waals surface area contributed by atoms with E-state index >= 15 is 0 Å². The molecule has 1 rings (SSSR count).